The van der Waals surface area contributed by atoms with Crippen LogP contribution in [0.5, 0.6) is 0 Å². The lowest BCUT2D eigenvalue weighted by Crippen LogP contribution is -2.34. The molecule has 2 N–H and O–H groups in total. The number of fused-ring (bicyclic) bond motifs is 1. The molecule has 2 heterocycles. The molecule has 4 heteroatoms. The van der Waals surface area contributed by atoms with Gasteiger partial charge in [-0.15, -0.1) is 0 Å². The molecule has 1 aromatic carbocycles. The third kappa shape index (κ3) is 3.27. The monoisotopic (exact) mass is 287 g/mol. The summed E-state index contributed by atoms with van der Waals surface area (Å²) in [6.45, 7) is 7.22. The molecule has 0 radical (unpaired) electrons. The Morgan fingerprint density at radius 3 is 2.90 bits per heavy atom. The van der Waals surface area contributed by atoms with Crippen LogP contribution < -0.4 is 10.6 Å². The maximum atomic E-state index is 12.4. The summed E-state index contributed by atoms with van der Waals surface area (Å²) in [5, 5.41) is 6.49. The smallest absolute Gasteiger partial charge is 0.227 e. The molecule has 1 amide bonds. The third-order valence-corrected chi connectivity index (χ3v) is 4.56. The van der Waals surface area contributed by atoms with E-state index in [0.717, 1.165) is 51.3 Å². The molecule has 0 aliphatic carbocycles. The van der Waals surface area contributed by atoms with Gasteiger partial charge < -0.3 is 10.6 Å². The van der Waals surface area contributed by atoms with E-state index in [4.69, 9.17) is 0 Å². The van der Waals surface area contributed by atoms with E-state index in [2.05, 4.69) is 34.6 Å². The van der Waals surface area contributed by atoms with Gasteiger partial charge in [0.1, 0.15) is 0 Å². The fraction of sp³-hybridized carbons (Fsp3) is 0.588. The first-order chi connectivity index (χ1) is 10.3. The fourth-order valence-electron chi connectivity index (χ4n) is 3.40. The zero-order valence-electron chi connectivity index (χ0n) is 12.8. The van der Waals surface area contributed by atoms with Gasteiger partial charge in [-0.05, 0) is 56.1 Å². The molecule has 0 spiro atoms. The zero-order valence-corrected chi connectivity index (χ0v) is 12.8. The number of benzene rings is 1. The number of nitrogens with zero attached hydrogens (tertiary/aromatic N) is 1. The molecular weight excluding hydrogens is 262 g/mol. The summed E-state index contributed by atoms with van der Waals surface area (Å²) in [6.07, 6.45) is 3.07. The molecule has 0 aromatic heterocycles. The van der Waals surface area contributed by atoms with E-state index in [0.29, 0.717) is 0 Å². The van der Waals surface area contributed by atoms with Gasteiger partial charge in [0.05, 0.1) is 0 Å². The molecule has 1 fully saturated rings. The molecule has 0 saturated carbocycles. The highest BCUT2D eigenvalue weighted by atomic mass is 16.1. The molecule has 21 heavy (non-hydrogen) atoms. The number of amides is 1. The highest BCUT2D eigenvalue weighted by Gasteiger charge is 2.24. The quantitative estimate of drug-likeness (QED) is 0.893. The van der Waals surface area contributed by atoms with E-state index in [1.807, 2.05) is 6.07 Å². The van der Waals surface area contributed by atoms with Crippen molar-refractivity contribution in [3.63, 3.8) is 0 Å². The van der Waals surface area contributed by atoms with Crippen LogP contribution in [-0.4, -0.2) is 30.4 Å². The van der Waals surface area contributed by atoms with Gasteiger partial charge in [0.2, 0.25) is 5.91 Å². The van der Waals surface area contributed by atoms with Gasteiger partial charge in [0.25, 0.3) is 0 Å². The fourth-order valence-corrected chi connectivity index (χ4v) is 3.40. The Bertz CT molecular complexity index is 509. The predicted octanol–water partition coefficient (Wildman–Crippen LogP) is 2.35. The number of hydrogen-bond donors (Lipinski definition) is 2. The molecule has 1 aromatic rings. The lowest BCUT2D eigenvalue weighted by molar-refractivity contribution is -0.120. The van der Waals surface area contributed by atoms with Gasteiger partial charge in [-0.1, -0.05) is 19.1 Å². The maximum Gasteiger partial charge on any atom is 0.227 e. The van der Waals surface area contributed by atoms with E-state index in [9.17, 15) is 4.79 Å². The summed E-state index contributed by atoms with van der Waals surface area (Å²) in [6, 6.07) is 6.30. The van der Waals surface area contributed by atoms with E-state index in [1.165, 1.54) is 17.5 Å². The molecule has 0 atom stereocenters. The Morgan fingerprint density at radius 1 is 1.33 bits per heavy atom. The first-order valence-corrected chi connectivity index (χ1v) is 8.12. The van der Waals surface area contributed by atoms with Gasteiger partial charge in [0, 0.05) is 24.7 Å². The highest BCUT2D eigenvalue weighted by molar-refractivity contribution is 5.93. The van der Waals surface area contributed by atoms with E-state index in [-0.39, 0.29) is 11.8 Å². The van der Waals surface area contributed by atoms with Crippen molar-refractivity contribution in [2.24, 2.45) is 5.92 Å². The third-order valence-electron chi connectivity index (χ3n) is 4.56. The minimum Gasteiger partial charge on any atom is -0.326 e. The normalized spacial score (nSPS) is 19.5. The molecule has 2 aliphatic rings. The second-order valence-corrected chi connectivity index (χ2v) is 6.17. The Kier molecular flexibility index (Phi) is 4.56. The molecule has 2 aliphatic heterocycles. The Balaban J connectivity index is 1.69. The molecule has 0 bridgehead atoms. The van der Waals surface area contributed by atoms with Crippen LogP contribution in [0.15, 0.2) is 18.2 Å². The van der Waals surface area contributed by atoms with Crippen molar-refractivity contribution in [3.8, 4) is 0 Å². The number of nitrogens with one attached hydrogen (secondary N) is 2. The van der Waals surface area contributed by atoms with Crippen molar-refractivity contribution in [1.82, 2.24) is 10.2 Å². The van der Waals surface area contributed by atoms with Gasteiger partial charge in [-0.3, -0.25) is 9.69 Å². The van der Waals surface area contributed by atoms with Crippen LogP contribution >= 0.6 is 0 Å². The Hall–Kier alpha value is -1.39. The second kappa shape index (κ2) is 6.58. The molecular formula is C17H25N3O. The number of carbonyl (C=O) groups excluding carboxylic acids is 1. The summed E-state index contributed by atoms with van der Waals surface area (Å²) in [4.78, 5) is 14.9. The minimum absolute atomic E-state index is 0.162. The van der Waals surface area contributed by atoms with E-state index < -0.39 is 0 Å². The van der Waals surface area contributed by atoms with Crippen LogP contribution in [0.3, 0.4) is 0 Å². The number of piperidine rings is 1. The molecule has 1 saturated heterocycles. The van der Waals surface area contributed by atoms with Crippen molar-refractivity contribution >= 4 is 11.6 Å². The number of hydrogen-bond acceptors (Lipinski definition) is 3. The van der Waals surface area contributed by atoms with E-state index in [1.54, 1.807) is 0 Å². The topological polar surface area (TPSA) is 44.4 Å². The maximum absolute atomic E-state index is 12.4. The van der Waals surface area contributed by atoms with Crippen LogP contribution in [0, 0.1) is 5.92 Å². The van der Waals surface area contributed by atoms with Gasteiger partial charge in [-0.25, -0.2) is 0 Å². The average Bonchev–Trinajstić information content (AvgIpc) is 2.92. The van der Waals surface area contributed by atoms with Gasteiger partial charge >= 0.3 is 0 Å². The first-order valence-electron chi connectivity index (χ1n) is 8.12. The standard InChI is InChI=1S/C17H25N3O/c1-2-10-20-11-14-4-3-5-16(15(14)12-20)19-17(21)13-6-8-18-9-7-13/h3-5,13,18H,2,6-12H2,1H3,(H,19,21). The molecule has 114 valence electrons. The largest absolute Gasteiger partial charge is 0.326 e. The number of rotatable bonds is 4. The van der Waals surface area contributed by atoms with Gasteiger partial charge in [0.15, 0.2) is 0 Å². The minimum atomic E-state index is 0.162. The van der Waals surface area contributed by atoms with Crippen molar-refractivity contribution in [2.75, 3.05) is 25.0 Å². The van der Waals surface area contributed by atoms with Gasteiger partial charge in [-0.2, -0.15) is 0 Å². The summed E-state index contributed by atoms with van der Waals surface area (Å²) in [5.74, 6) is 0.356. The van der Waals surface area contributed by atoms with Crippen molar-refractivity contribution in [2.45, 2.75) is 39.3 Å². The van der Waals surface area contributed by atoms with Crippen molar-refractivity contribution in [3.05, 3.63) is 29.3 Å². The Labute approximate surface area is 126 Å². The lowest BCUT2D eigenvalue weighted by Gasteiger charge is -2.22. The second-order valence-electron chi connectivity index (χ2n) is 6.17. The summed E-state index contributed by atoms with van der Waals surface area (Å²) < 4.78 is 0. The predicted molar refractivity (Wildman–Crippen MR) is 85.1 cm³/mol. The van der Waals surface area contributed by atoms with Crippen LogP contribution in [0.2, 0.25) is 0 Å². The summed E-state index contributed by atoms with van der Waals surface area (Å²) >= 11 is 0. The van der Waals surface area contributed by atoms with Crippen LogP contribution in [0.25, 0.3) is 0 Å². The number of anilines is 1. The Morgan fingerprint density at radius 2 is 2.14 bits per heavy atom. The average molecular weight is 287 g/mol. The highest BCUT2D eigenvalue weighted by Crippen LogP contribution is 2.30. The van der Waals surface area contributed by atoms with Crippen molar-refractivity contribution in [1.29, 1.82) is 0 Å². The van der Waals surface area contributed by atoms with Crippen LogP contribution in [0.1, 0.15) is 37.3 Å². The van der Waals surface area contributed by atoms with Crippen LogP contribution in [-0.2, 0) is 17.9 Å². The molecule has 4 nitrogen and oxygen atoms in total. The van der Waals surface area contributed by atoms with Crippen molar-refractivity contribution < 1.29 is 4.79 Å². The summed E-state index contributed by atoms with van der Waals surface area (Å²) in [7, 11) is 0. The first kappa shape index (κ1) is 14.5. The summed E-state index contributed by atoms with van der Waals surface area (Å²) in [5.41, 5.74) is 3.70. The SMILES string of the molecule is CCCN1Cc2cccc(NC(=O)C3CCNCC3)c2C1. The number of carbonyl (C=O) groups is 1. The molecule has 0 unspecified atom stereocenters. The lowest BCUT2D eigenvalue weighted by atomic mass is 9.97. The van der Waals surface area contributed by atoms with Crippen LogP contribution in [0.4, 0.5) is 5.69 Å². The zero-order chi connectivity index (χ0) is 14.7. The van der Waals surface area contributed by atoms with E-state index >= 15 is 0 Å². The molecule has 3 rings (SSSR count).